The molecule has 11 heteroatoms. The van der Waals surface area contributed by atoms with Crippen LogP contribution < -0.4 is 0 Å². The summed E-state index contributed by atoms with van der Waals surface area (Å²) < 4.78 is 24.5. The van der Waals surface area contributed by atoms with Crippen LogP contribution in [0.25, 0.3) is 17.0 Å². The Balaban J connectivity index is 2.34. The lowest BCUT2D eigenvalue weighted by Gasteiger charge is -2.02. The Labute approximate surface area is 128 Å². The van der Waals surface area contributed by atoms with Crippen LogP contribution in [0.2, 0.25) is 5.15 Å². The Morgan fingerprint density at radius 1 is 1.33 bits per heavy atom. The zero-order chi connectivity index (χ0) is 15.2. The highest BCUT2D eigenvalue weighted by molar-refractivity contribution is 8.13. The number of hydrogen-bond acceptors (Lipinski definition) is 6. The first-order valence-electron chi connectivity index (χ1n) is 5.80. The molecule has 0 saturated carbocycles. The summed E-state index contributed by atoms with van der Waals surface area (Å²) in [5.74, 6) is 0.295. The number of rotatable bonds is 3. The maximum atomic E-state index is 11.7. The van der Waals surface area contributed by atoms with Gasteiger partial charge in [0.05, 0.1) is 12.0 Å². The standard InChI is InChI=1S/C10H8Cl2N6O2S/c1-2-5-7(21(12,19)20)8(11)18(17-5)10-6-9(14-3-13-6)15-4-16-10/h3-4H,2H2,1H3,(H,13,14,15,16). The summed E-state index contributed by atoms with van der Waals surface area (Å²) in [5.41, 5.74) is 1.17. The van der Waals surface area contributed by atoms with Crippen LogP contribution >= 0.6 is 22.3 Å². The molecule has 0 aromatic carbocycles. The molecule has 3 rings (SSSR count). The fraction of sp³-hybridized carbons (Fsp3) is 0.200. The molecule has 21 heavy (non-hydrogen) atoms. The molecule has 3 heterocycles. The maximum absolute atomic E-state index is 11.7. The van der Waals surface area contributed by atoms with Crippen LogP contribution in [-0.4, -0.2) is 38.1 Å². The lowest BCUT2D eigenvalue weighted by atomic mass is 10.3. The van der Waals surface area contributed by atoms with Crippen molar-refractivity contribution in [2.75, 3.05) is 0 Å². The quantitative estimate of drug-likeness (QED) is 0.723. The van der Waals surface area contributed by atoms with Crippen molar-refractivity contribution in [3.05, 3.63) is 23.5 Å². The van der Waals surface area contributed by atoms with Crippen LogP contribution in [-0.2, 0) is 15.5 Å². The second kappa shape index (κ2) is 4.93. The first-order chi connectivity index (χ1) is 9.93. The van der Waals surface area contributed by atoms with Crippen molar-refractivity contribution < 1.29 is 8.42 Å². The third-order valence-corrected chi connectivity index (χ3v) is 4.68. The molecule has 0 radical (unpaired) electrons. The van der Waals surface area contributed by atoms with Gasteiger partial charge in [-0.1, -0.05) is 18.5 Å². The smallest absolute Gasteiger partial charge is 0.266 e. The lowest BCUT2D eigenvalue weighted by molar-refractivity contribution is 0.608. The third kappa shape index (κ3) is 2.27. The average molecular weight is 347 g/mol. The summed E-state index contributed by atoms with van der Waals surface area (Å²) in [4.78, 5) is 14.7. The van der Waals surface area contributed by atoms with Crippen molar-refractivity contribution in [1.82, 2.24) is 29.7 Å². The summed E-state index contributed by atoms with van der Waals surface area (Å²) in [6.45, 7) is 1.75. The monoisotopic (exact) mass is 346 g/mol. The number of imidazole rings is 1. The third-order valence-electron chi connectivity index (χ3n) is 2.84. The number of nitrogens with zero attached hydrogens (tertiary/aromatic N) is 5. The zero-order valence-electron chi connectivity index (χ0n) is 10.6. The molecule has 8 nitrogen and oxygen atoms in total. The Morgan fingerprint density at radius 2 is 2.10 bits per heavy atom. The van der Waals surface area contributed by atoms with Gasteiger partial charge in [0.25, 0.3) is 9.05 Å². The predicted octanol–water partition coefficient (Wildman–Crippen LogP) is 1.68. The largest absolute Gasteiger partial charge is 0.340 e. The number of hydrogen-bond donors (Lipinski definition) is 1. The molecule has 3 aromatic rings. The Hall–Kier alpha value is -1.71. The molecule has 3 aromatic heterocycles. The van der Waals surface area contributed by atoms with Crippen LogP contribution in [0.4, 0.5) is 0 Å². The number of aromatic nitrogens is 6. The number of nitrogens with one attached hydrogen (secondary N) is 1. The van der Waals surface area contributed by atoms with E-state index in [4.69, 9.17) is 22.3 Å². The second-order valence-electron chi connectivity index (χ2n) is 4.07. The van der Waals surface area contributed by atoms with Crippen molar-refractivity contribution in [3.8, 4) is 5.82 Å². The van der Waals surface area contributed by atoms with E-state index in [2.05, 4.69) is 25.0 Å². The topological polar surface area (TPSA) is 106 Å². The van der Waals surface area contributed by atoms with E-state index in [1.807, 2.05) is 0 Å². The molecule has 0 aliphatic heterocycles. The van der Waals surface area contributed by atoms with Gasteiger partial charge in [0.15, 0.2) is 16.6 Å². The van der Waals surface area contributed by atoms with E-state index in [1.165, 1.54) is 17.3 Å². The van der Waals surface area contributed by atoms with Gasteiger partial charge in [0, 0.05) is 10.7 Å². The molecule has 1 N–H and O–H groups in total. The summed E-state index contributed by atoms with van der Waals surface area (Å²) in [5, 5.41) is 4.05. The van der Waals surface area contributed by atoms with Crippen molar-refractivity contribution in [3.63, 3.8) is 0 Å². The fourth-order valence-corrected chi connectivity index (χ4v) is 3.84. The van der Waals surface area contributed by atoms with Crippen molar-refractivity contribution in [2.45, 2.75) is 18.2 Å². The molecule has 0 saturated heterocycles. The van der Waals surface area contributed by atoms with Gasteiger partial charge in [0.1, 0.15) is 16.7 Å². The van der Waals surface area contributed by atoms with E-state index in [0.29, 0.717) is 23.4 Å². The van der Waals surface area contributed by atoms with E-state index in [1.54, 1.807) is 6.92 Å². The number of fused-ring (bicyclic) bond motifs is 1. The Bertz CT molecular complexity index is 932. The first-order valence-corrected chi connectivity index (χ1v) is 8.48. The molecular weight excluding hydrogens is 339 g/mol. The number of H-pyrrole nitrogens is 1. The summed E-state index contributed by atoms with van der Waals surface area (Å²) in [6, 6.07) is 0. The summed E-state index contributed by atoms with van der Waals surface area (Å²) >= 11 is 6.14. The van der Waals surface area contributed by atoms with Crippen LogP contribution in [0.3, 0.4) is 0 Å². The van der Waals surface area contributed by atoms with Gasteiger partial charge < -0.3 is 4.98 Å². The molecule has 0 amide bonds. The van der Waals surface area contributed by atoms with E-state index in [-0.39, 0.29) is 15.7 Å². The van der Waals surface area contributed by atoms with E-state index in [0.717, 1.165) is 0 Å². The minimum Gasteiger partial charge on any atom is -0.340 e. The van der Waals surface area contributed by atoms with Gasteiger partial charge >= 0.3 is 0 Å². The number of aryl methyl sites for hydroxylation is 1. The first kappa shape index (κ1) is 14.2. The molecule has 0 atom stereocenters. The van der Waals surface area contributed by atoms with Crippen molar-refractivity contribution in [2.24, 2.45) is 0 Å². The minimum atomic E-state index is -4.02. The molecule has 0 bridgehead atoms. The van der Waals surface area contributed by atoms with Crippen molar-refractivity contribution in [1.29, 1.82) is 0 Å². The molecule has 0 fully saturated rings. The number of aromatic amines is 1. The van der Waals surface area contributed by atoms with Crippen molar-refractivity contribution >= 4 is 42.5 Å². The van der Waals surface area contributed by atoms with E-state index in [9.17, 15) is 8.42 Å². The second-order valence-corrected chi connectivity index (χ2v) is 6.93. The average Bonchev–Trinajstić information content (AvgIpc) is 3.01. The van der Waals surface area contributed by atoms with Gasteiger partial charge in [-0.25, -0.2) is 23.4 Å². The van der Waals surface area contributed by atoms with Gasteiger partial charge in [-0.3, -0.25) is 0 Å². The molecule has 0 aliphatic carbocycles. The van der Waals surface area contributed by atoms with Crippen LogP contribution in [0.15, 0.2) is 17.6 Å². The molecular formula is C10H8Cl2N6O2S. The van der Waals surface area contributed by atoms with Gasteiger partial charge in [-0.15, -0.1) is 0 Å². The van der Waals surface area contributed by atoms with Crippen LogP contribution in [0.5, 0.6) is 0 Å². The van der Waals surface area contributed by atoms with Crippen LogP contribution in [0.1, 0.15) is 12.6 Å². The van der Waals surface area contributed by atoms with Gasteiger partial charge in [-0.2, -0.15) is 9.78 Å². The molecule has 0 unspecified atom stereocenters. The predicted molar refractivity (Wildman–Crippen MR) is 76.2 cm³/mol. The zero-order valence-corrected chi connectivity index (χ0v) is 12.9. The lowest BCUT2D eigenvalue weighted by Crippen LogP contribution is -2.02. The highest BCUT2D eigenvalue weighted by atomic mass is 35.7. The van der Waals surface area contributed by atoms with Gasteiger partial charge in [0.2, 0.25) is 0 Å². The highest BCUT2D eigenvalue weighted by Gasteiger charge is 2.27. The Morgan fingerprint density at radius 3 is 2.71 bits per heavy atom. The Kier molecular flexibility index (Phi) is 3.34. The summed E-state index contributed by atoms with van der Waals surface area (Å²) in [7, 11) is 1.41. The van der Waals surface area contributed by atoms with Gasteiger partial charge in [-0.05, 0) is 6.42 Å². The highest BCUT2D eigenvalue weighted by Crippen LogP contribution is 2.31. The molecule has 0 spiro atoms. The maximum Gasteiger partial charge on any atom is 0.266 e. The van der Waals surface area contributed by atoms with E-state index >= 15 is 0 Å². The molecule has 110 valence electrons. The fourth-order valence-electron chi connectivity index (χ4n) is 1.95. The molecule has 0 aliphatic rings. The summed E-state index contributed by atoms with van der Waals surface area (Å²) in [6.07, 6.45) is 3.09. The van der Waals surface area contributed by atoms with E-state index < -0.39 is 9.05 Å². The normalized spacial score (nSPS) is 12.1. The van der Waals surface area contributed by atoms with Crippen LogP contribution in [0, 0.1) is 0 Å². The number of halogens is 2. The minimum absolute atomic E-state index is 0.128. The SMILES string of the molecule is CCc1nn(-c2ncnc3nc[nH]c23)c(Cl)c1S(=O)(=O)Cl.